The van der Waals surface area contributed by atoms with E-state index in [1.165, 1.54) is 0 Å². The number of hydrogen-bond acceptors (Lipinski definition) is 3. The minimum Gasteiger partial charge on any atom is -0.493 e. The van der Waals surface area contributed by atoms with Crippen LogP contribution in [-0.2, 0) is 4.79 Å². The van der Waals surface area contributed by atoms with Gasteiger partial charge in [-0.3, -0.25) is 4.79 Å². The van der Waals surface area contributed by atoms with Crippen LogP contribution in [0.25, 0.3) is 27.7 Å². The quantitative estimate of drug-likeness (QED) is 0.346. The first-order chi connectivity index (χ1) is 14.8. The number of amides is 1. The van der Waals surface area contributed by atoms with Gasteiger partial charge in [0.25, 0.3) is 0 Å². The molecule has 3 rings (SSSR count). The Bertz CT molecular complexity index is 1090. The van der Waals surface area contributed by atoms with Gasteiger partial charge in [-0.25, -0.2) is 0 Å². The van der Waals surface area contributed by atoms with Gasteiger partial charge in [0.1, 0.15) is 11.3 Å². The van der Waals surface area contributed by atoms with E-state index in [4.69, 9.17) is 9.15 Å². The summed E-state index contributed by atoms with van der Waals surface area (Å²) in [4.78, 5) is 12.4. The maximum absolute atomic E-state index is 12.4. The SMILES string of the molecule is CCOc1c(/C(C)=C/C(=O)NCCC(C)C)cc2c(-c3ccc(Br)cc3)coc2c1C. The van der Waals surface area contributed by atoms with Crippen molar-refractivity contribution in [3.8, 4) is 16.9 Å². The lowest BCUT2D eigenvalue weighted by molar-refractivity contribution is -0.116. The fourth-order valence-corrected chi connectivity index (χ4v) is 3.87. The molecule has 0 aliphatic rings. The van der Waals surface area contributed by atoms with Gasteiger partial charge in [0, 0.05) is 39.2 Å². The number of halogens is 1. The molecule has 0 radical (unpaired) electrons. The molecule has 1 amide bonds. The van der Waals surface area contributed by atoms with Crippen LogP contribution in [0.1, 0.15) is 45.2 Å². The number of hydrogen-bond donors (Lipinski definition) is 1. The Morgan fingerprint density at radius 1 is 1.26 bits per heavy atom. The van der Waals surface area contributed by atoms with Crippen LogP contribution in [-0.4, -0.2) is 19.1 Å². The maximum Gasteiger partial charge on any atom is 0.244 e. The largest absolute Gasteiger partial charge is 0.493 e. The number of benzene rings is 2. The molecule has 1 N–H and O–H groups in total. The van der Waals surface area contributed by atoms with Crippen LogP contribution in [0, 0.1) is 12.8 Å². The molecule has 2 aromatic carbocycles. The zero-order valence-electron chi connectivity index (χ0n) is 18.8. The van der Waals surface area contributed by atoms with Crippen molar-refractivity contribution < 1.29 is 13.9 Å². The molecular formula is C26H30BrNO3. The lowest BCUT2D eigenvalue weighted by atomic mass is 9.96. The molecule has 0 aliphatic heterocycles. The number of nitrogens with one attached hydrogen (secondary N) is 1. The van der Waals surface area contributed by atoms with E-state index in [2.05, 4.69) is 53.3 Å². The number of aryl methyl sites for hydroxylation is 1. The number of allylic oxidation sites excluding steroid dienone is 1. The Hall–Kier alpha value is -2.53. The zero-order chi connectivity index (χ0) is 22.5. The van der Waals surface area contributed by atoms with Crippen molar-refractivity contribution in [1.29, 1.82) is 0 Å². The van der Waals surface area contributed by atoms with Gasteiger partial charge in [0.15, 0.2) is 0 Å². The first kappa shape index (κ1) is 23.1. The predicted octanol–water partition coefficient (Wildman–Crippen LogP) is 7.14. The highest BCUT2D eigenvalue weighted by Crippen LogP contribution is 2.40. The molecule has 1 heterocycles. The van der Waals surface area contributed by atoms with Crippen molar-refractivity contribution in [3.05, 3.63) is 58.3 Å². The Morgan fingerprint density at radius 3 is 2.61 bits per heavy atom. The van der Waals surface area contributed by atoms with Crippen molar-refractivity contribution >= 4 is 38.4 Å². The second-order valence-corrected chi connectivity index (χ2v) is 9.06. The molecule has 1 aromatic heterocycles. The van der Waals surface area contributed by atoms with Gasteiger partial charge >= 0.3 is 0 Å². The van der Waals surface area contributed by atoms with Crippen LogP contribution in [0.4, 0.5) is 0 Å². The summed E-state index contributed by atoms with van der Waals surface area (Å²) < 4.78 is 13.0. The van der Waals surface area contributed by atoms with E-state index in [0.717, 1.165) is 55.4 Å². The topological polar surface area (TPSA) is 51.5 Å². The third kappa shape index (κ3) is 5.40. The Morgan fingerprint density at radius 2 is 1.97 bits per heavy atom. The van der Waals surface area contributed by atoms with Gasteiger partial charge < -0.3 is 14.5 Å². The van der Waals surface area contributed by atoms with Crippen LogP contribution in [0.5, 0.6) is 5.75 Å². The fraction of sp³-hybridized carbons (Fsp3) is 0.346. The molecule has 0 bridgehead atoms. The normalized spacial score (nSPS) is 11.9. The van der Waals surface area contributed by atoms with E-state index in [1.807, 2.05) is 32.9 Å². The molecule has 5 heteroatoms. The third-order valence-corrected chi connectivity index (χ3v) is 5.81. The molecule has 3 aromatic rings. The fourth-order valence-electron chi connectivity index (χ4n) is 3.60. The summed E-state index contributed by atoms with van der Waals surface area (Å²) in [6.45, 7) is 11.4. The van der Waals surface area contributed by atoms with Gasteiger partial charge in [0.2, 0.25) is 5.91 Å². The van der Waals surface area contributed by atoms with Gasteiger partial charge in [-0.2, -0.15) is 0 Å². The van der Waals surface area contributed by atoms with E-state index >= 15 is 0 Å². The number of fused-ring (bicyclic) bond motifs is 1. The van der Waals surface area contributed by atoms with E-state index in [1.54, 1.807) is 12.3 Å². The molecule has 0 saturated carbocycles. The van der Waals surface area contributed by atoms with Crippen molar-refractivity contribution in [1.82, 2.24) is 5.32 Å². The van der Waals surface area contributed by atoms with Crippen LogP contribution in [0.15, 0.2) is 51.6 Å². The average molecular weight is 484 g/mol. The lowest BCUT2D eigenvalue weighted by Gasteiger charge is -2.15. The standard InChI is InChI=1S/C26H30BrNO3/c1-6-30-25-18(5)26-22(23(15-31-26)19-7-9-20(27)10-8-19)14-21(25)17(4)13-24(29)28-12-11-16(2)3/h7-10,13-16H,6,11-12H2,1-5H3,(H,28,29)/b17-13+. The predicted molar refractivity (Wildman–Crippen MR) is 131 cm³/mol. The highest BCUT2D eigenvalue weighted by atomic mass is 79.9. The van der Waals surface area contributed by atoms with Gasteiger partial charge in [-0.15, -0.1) is 0 Å². The van der Waals surface area contributed by atoms with Crippen LogP contribution in [0.3, 0.4) is 0 Å². The number of carbonyl (C=O) groups is 1. The number of furan rings is 1. The summed E-state index contributed by atoms with van der Waals surface area (Å²) in [5.41, 5.74) is 5.60. The minimum absolute atomic E-state index is 0.0846. The monoisotopic (exact) mass is 483 g/mol. The van der Waals surface area contributed by atoms with Gasteiger partial charge in [-0.1, -0.05) is 41.9 Å². The van der Waals surface area contributed by atoms with Crippen LogP contribution < -0.4 is 10.1 Å². The molecule has 31 heavy (non-hydrogen) atoms. The summed E-state index contributed by atoms with van der Waals surface area (Å²) >= 11 is 3.49. The molecule has 4 nitrogen and oxygen atoms in total. The first-order valence-corrected chi connectivity index (χ1v) is 11.5. The number of carbonyl (C=O) groups excluding carboxylic acids is 1. The number of ether oxygens (including phenoxy) is 1. The maximum atomic E-state index is 12.4. The lowest BCUT2D eigenvalue weighted by Crippen LogP contribution is -2.23. The van der Waals surface area contributed by atoms with Crippen molar-refractivity contribution in [2.75, 3.05) is 13.2 Å². The highest BCUT2D eigenvalue weighted by molar-refractivity contribution is 9.10. The van der Waals surface area contributed by atoms with Gasteiger partial charge in [0.05, 0.1) is 12.9 Å². The molecule has 164 valence electrons. The second kappa shape index (κ2) is 10.2. The van der Waals surface area contributed by atoms with E-state index < -0.39 is 0 Å². The molecule has 0 atom stereocenters. The summed E-state index contributed by atoms with van der Waals surface area (Å²) in [5, 5.41) is 3.98. The zero-order valence-corrected chi connectivity index (χ0v) is 20.4. The Labute approximate surface area is 192 Å². The number of rotatable bonds is 8. The van der Waals surface area contributed by atoms with Crippen LogP contribution in [0.2, 0.25) is 0 Å². The molecule has 0 fully saturated rings. The third-order valence-electron chi connectivity index (χ3n) is 5.28. The van der Waals surface area contributed by atoms with Crippen LogP contribution >= 0.6 is 15.9 Å². The summed E-state index contributed by atoms with van der Waals surface area (Å²) in [5.74, 6) is 1.23. The molecule has 0 spiro atoms. The van der Waals surface area contributed by atoms with Gasteiger partial charge in [-0.05, 0) is 62.4 Å². The van der Waals surface area contributed by atoms with E-state index in [0.29, 0.717) is 19.1 Å². The first-order valence-electron chi connectivity index (χ1n) is 10.7. The molecule has 0 aliphatic carbocycles. The molecule has 0 unspecified atom stereocenters. The average Bonchev–Trinajstić information content (AvgIpc) is 3.14. The Balaban J connectivity index is 2.05. The molecule has 0 saturated heterocycles. The molecular weight excluding hydrogens is 454 g/mol. The van der Waals surface area contributed by atoms with E-state index in [9.17, 15) is 4.79 Å². The summed E-state index contributed by atoms with van der Waals surface area (Å²) in [6.07, 6.45) is 4.40. The van der Waals surface area contributed by atoms with E-state index in [-0.39, 0.29) is 5.91 Å². The highest BCUT2D eigenvalue weighted by Gasteiger charge is 2.19. The second-order valence-electron chi connectivity index (χ2n) is 8.15. The minimum atomic E-state index is -0.0846. The van der Waals surface area contributed by atoms with Crippen molar-refractivity contribution in [2.24, 2.45) is 5.92 Å². The summed E-state index contributed by atoms with van der Waals surface area (Å²) in [7, 11) is 0. The summed E-state index contributed by atoms with van der Waals surface area (Å²) in [6, 6.07) is 10.2. The van der Waals surface area contributed by atoms with Crippen molar-refractivity contribution in [3.63, 3.8) is 0 Å². The Kier molecular flexibility index (Phi) is 7.60. The smallest absolute Gasteiger partial charge is 0.244 e. The van der Waals surface area contributed by atoms with Crippen molar-refractivity contribution in [2.45, 2.75) is 41.0 Å².